The number of fused-ring (bicyclic) bond motifs is 1. The number of hydrogen-bond acceptors (Lipinski definition) is 3. The average Bonchev–Trinajstić information content (AvgIpc) is 2.30. The van der Waals surface area contributed by atoms with E-state index < -0.39 is 0 Å². The standard InChI is InChI=1S/C13H25NO2/c1-4-9(8-15)14-11-10-6-5-7-16-12(10)13(11,2)3/h9-12,14-15H,4-8H2,1-3H3/t9-,10?,11?,12?/m0/s1. The molecule has 3 nitrogen and oxygen atoms in total. The van der Waals surface area contributed by atoms with Crippen LogP contribution in [0.2, 0.25) is 0 Å². The summed E-state index contributed by atoms with van der Waals surface area (Å²) in [7, 11) is 0. The summed E-state index contributed by atoms with van der Waals surface area (Å²) < 4.78 is 5.87. The molecule has 4 atom stereocenters. The van der Waals surface area contributed by atoms with Crippen molar-refractivity contribution in [3.05, 3.63) is 0 Å². The van der Waals surface area contributed by atoms with Gasteiger partial charge in [0.25, 0.3) is 0 Å². The van der Waals surface area contributed by atoms with Crippen LogP contribution >= 0.6 is 0 Å². The van der Waals surface area contributed by atoms with Crippen molar-refractivity contribution < 1.29 is 9.84 Å². The third-order valence-electron chi connectivity index (χ3n) is 4.46. The molecule has 0 aromatic carbocycles. The fourth-order valence-corrected chi connectivity index (χ4v) is 3.41. The maximum Gasteiger partial charge on any atom is 0.0684 e. The SMILES string of the molecule is CC[C@@H](CO)NC1C2CCCOC2C1(C)C. The van der Waals surface area contributed by atoms with Crippen molar-refractivity contribution in [3.63, 3.8) is 0 Å². The second-order valence-electron chi connectivity index (χ2n) is 5.85. The number of aliphatic hydroxyl groups excluding tert-OH is 1. The van der Waals surface area contributed by atoms with Crippen LogP contribution < -0.4 is 5.32 Å². The van der Waals surface area contributed by atoms with Crippen molar-refractivity contribution >= 4 is 0 Å². The van der Waals surface area contributed by atoms with Crippen molar-refractivity contribution in [2.75, 3.05) is 13.2 Å². The van der Waals surface area contributed by atoms with Gasteiger partial charge in [0.05, 0.1) is 12.7 Å². The fraction of sp³-hybridized carbons (Fsp3) is 1.00. The topological polar surface area (TPSA) is 41.5 Å². The van der Waals surface area contributed by atoms with Crippen LogP contribution in [0.3, 0.4) is 0 Å². The largest absolute Gasteiger partial charge is 0.395 e. The smallest absolute Gasteiger partial charge is 0.0684 e. The number of ether oxygens (including phenoxy) is 1. The molecule has 2 aliphatic rings. The quantitative estimate of drug-likeness (QED) is 0.765. The molecule has 1 heterocycles. The Hall–Kier alpha value is -0.120. The first kappa shape index (κ1) is 12.3. The third-order valence-corrected chi connectivity index (χ3v) is 4.46. The lowest BCUT2D eigenvalue weighted by Gasteiger charge is -2.60. The Labute approximate surface area is 98.6 Å². The second kappa shape index (κ2) is 4.63. The third kappa shape index (κ3) is 1.89. The number of aliphatic hydroxyl groups is 1. The highest BCUT2D eigenvalue weighted by Crippen LogP contribution is 2.51. The molecule has 1 saturated heterocycles. The lowest BCUT2D eigenvalue weighted by atomic mass is 9.55. The Bertz CT molecular complexity index is 238. The van der Waals surface area contributed by atoms with Crippen molar-refractivity contribution in [2.45, 2.75) is 58.2 Å². The van der Waals surface area contributed by atoms with Crippen molar-refractivity contribution in [3.8, 4) is 0 Å². The van der Waals surface area contributed by atoms with Gasteiger partial charge in [0.2, 0.25) is 0 Å². The fourth-order valence-electron chi connectivity index (χ4n) is 3.41. The first-order valence-electron chi connectivity index (χ1n) is 6.59. The van der Waals surface area contributed by atoms with Crippen molar-refractivity contribution in [1.82, 2.24) is 5.32 Å². The van der Waals surface area contributed by atoms with E-state index in [4.69, 9.17) is 4.74 Å². The monoisotopic (exact) mass is 227 g/mol. The van der Waals surface area contributed by atoms with E-state index in [-0.39, 0.29) is 18.1 Å². The summed E-state index contributed by atoms with van der Waals surface area (Å²) in [4.78, 5) is 0. The molecule has 3 unspecified atom stereocenters. The maximum absolute atomic E-state index is 9.27. The van der Waals surface area contributed by atoms with E-state index in [2.05, 4.69) is 26.1 Å². The first-order valence-corrected chi connectivity index (χ1v) is 6.59. The predicted molar refractivity (Wildman–Crippen MR) is 64.3 cm³/mol. The molecular weight excluding hydrogens is 202 g/mol. The molecule has 1 saturated carbocycles. The zero-order valence-corrected chi connectivity index (χ0v) is 10.7. The normalized spacial score (nSPS) is 38.6. The molecule has 2 N–H and O–H groups in total. The van der Waals surface area contributed by atoms with Crippen LogP contribution in [0.5, 0.6) is 0 Å². The van der Waals surface area contributed by atoms with Crippen LogP contribution in [0.25, 0.3) is 0 Å². The second-order valence-corrected chi connectivity index (χ2v) is 5.85. The van der Waals surface area contributed by atoms with Gasteiger partial charge in [-0.05, 0) is 19.3 Å². The Kier molecular flexibility index (Phi) is 3.57. The zero-order valence-electron chi connectivity index (χ0n) is 10.7. The lowest BCUT2D eigenvalue weighted by molar-refractivity contribution is -0.195. The van der Waals surface area contributed by atoms with Crippen LogP contribution in [-0.2, 0) is 4.74 Å². The molecule has 0 amide bonds. The van der Waals surface area contributed by atoms with Gasteiger partial charge in [-0.2, -0.15) is 0 Å². The number of rotatable bonds is 4. The summed E-state index contributed by atoms with van der Waals surface area (Å²) >= 11 is 0. The van der Waals surface area contributed by atoms with E-state index in [1.54, 1.807) is 0 Å². The van der Waals surface area contributed by atoms with Gasteiger partial charge in [0.1, 0.15) is 0 Å². The van der Waals surface area contributed by atoms with Crippen LogP contribution in [0.15, 0.2) is 0 Å². The minimum absolute atomic E-state index is 0.216. The number of hydrogen-bond donors (Lipinski definition) is 2. The molecule has 0 aromatic rings. The Balaban J connectivity index is 1.98. The summed E-state index contributed by atoms with van der Waals surface area (Å²) in [6.07, 6.45) is 3.87. The van der Waals surface area contributed by atoms with Gasteiger partial charge in [0.15, 0.2) is 0 Å². The minimum Gasteiger partial charge on any atom is -0.395 e. The molecule has 0 radical (unpaired) electrons. The lowest BCUT2D eigenvalue weighted by Crippen LogP contribution is -2.70. The summed E-state index contributed by atoms with van der Waals surface area (Å²) in [5.74, 6) is 0.657. The van der Waals surface area contributed by atoms with Crippen LogP contribution in [0.4, 0.5) is 0 Å². The van der Waals surface area contributed by atoms with Crippen LogP contribution in [0, 0.1) is 11.3 Å². The van der Waals surface area contributed by atoms with E-state index in [1.807, 2.05) is 0 Å². The van der Waals surface area contributed by atoms with Gasteiger partial charge >= 0.3 is 0 Å². The molecule has 2 fully saturated rings. The first-order chi connectivity index (χ1) is 7.61. The molecule has 0 aromatic heterocycles. The molecule has 16 heavy (non-hydrogen) atoms. The molecule has 1 aliphatic heterocycles. The summed E-state index contributed by atoms with van der Waals surface area (Å²) in [6.45, 7) is 7.84. The van der Waals surface area contributed by atoms with E-state index in [0.29, 0.717) is 18.1 Å². The summed E-state index contributed by atoms with van der Waals surface area (Å²) in [5, 5.41) is 12.9. The predicted octanol–water partition coefficient (Wildman–Crippen LogP) is 1.55. The molecule has 2 rings (SSSR count). The maximum atomic E-state index is 9.27. The molecule has 1 aliphatic carbocycles. The van der Waals surface area contributed by atoms with Crippen molar-refractivity contribution in [1.29, 1.82) is 0 Å². The average molecular weight is 227 g/mol. The highest BCUT2D eigenvalue weighted by molar-refractivity contribution is 5.10. The highest BCUT2D eigenvalue weighted by Gasteiger charge is 2.57. The van der Waals surface area contributed by atoms with Crippen LogP contribution in [-0.4, -0.2) is 36.5 Å². The van der Waals surface area contributed by atoms with E-state index >= 15 is 0 Å². The Morgan fingerprint density at radius 3 is 2.88 bits per heavy atom. The van der Waals surface area contributed by atoms with Gasteiger partial charge < -0.3 is 15.2 Å². The van der Waals surface area contributed by atoms with Gasteiger partial charge in [0, 0.05) is 30.0 Å². The molecular formula is C13H25NO2. The van der Waals surface area contributed by atoms with Gasteiger partial charge in [-0.25, -0.2) is 0 Å². The van der Waals surface area contributed by atoms with Crippen LogP contribution in [0.1, 0.15) is 40.0 Å². The Morgan fingerprint density at radius 2 is 2.25 bits per heavy atom. The van der Waals surface area contributed by atoms with Gasteiger partial charge in [-0.15, -0.1) is 0 Å². The van der Waals surface area contributed by atoms with E-state index in [9.17, 15) is 5.11 Å². The molecule has 3 heteroatoms. The molecule has 0 bridgehead atoms. The van der Waals surface area contributed by atoms with E-state index in [0.717, 1.165) is 13.0 Å². The van der Waals surface area contributed by atoms with Gasteiger partial charge in [-0.1, -0.05) is 20.8 Å². The molecule has 94 valence electrons. The minimum atomic E-state index is 0.216. The van der Waals surface area contributed by atoms with Gasteiger partial charge in [-0.3, -0.25) is 0 Å². The number of nitrogens with one attached hydrogen (secondary N) is 1. The van der Waals surface area contributed by atoms with E-state index in [1.165, 1.54) is 12.8 Å². The molecule has 0 spiro atoms. The summed E-state index contributed by atoms with van der Waals surface area (Å²) in [6, 6.07) is 0.752. The zero-order chi connectivity index (χ0) is 11.8. The highest BCUT2D eigenvalue weighted by atomic mass is 16.5. The Morgan fingerprint density at radius 1 is 1.50 bits per heavy atom. The summed E-state index contributed by atoms with van der Waals surface area (Å²) in [5.41, 5.74) is 0.216. The van der Waals surface area contributed by atoms with Crippen molar-refractivity contribution in [2.24, 2.45) is 11.3 Å².